The normalized spacial score (nSPS) is 18.6. The zero-order chi connectivity index (χ0) is 10.0. The molecule has 2 N–H and O–H groups in total. The van der Waals surface area contributed by atoms with Gasteiger partial charge in [-0.25, -0.2) is 0 Å². The summed E-state index contributed by atoms with van der Waals surface area (Å²) in [6.07, 6.45) is 0.499. The number of hydrogen-bond acceptors (Lipinski definition) is 3. The molecule has 3 nitrogen and oxygen atoms in total. The van der Waals surface area contributed by atoms with Gasteiger partial charge in [0.05, 0.1) is 12.0 Å². The second kappa shape index (κ2) is 3.71. The van der Waals surface area contributed by atoms with Crippen LogP contribution in [0.15, 0.2) is 16.8 Å². The predicted molar refractivity (Wildman–Crippen MR) is 57.4 cm³/mol. The third kappa shape index (κ3) is 2.13. The van der Waals surface area contributed by atoms with Crippen LogP contribution in [0.2, 0.25) is 0 Å². The summed E-state index contributed by atoms with van der Waals surface area (Å²) in [5.74, 6) is 0.118. The fourth-order valence-electron chi connectivity index (χ4n) is 1.55. The Bertz CT molecular complexity index is 317. The molecule has 1 aromatic heterocycles. The van der Waals surface area contributed by atoms with E-state index in [1.807, 2.05) is 16.8 Å². The van der Waals surface area contributed by atoms with Crippen molar-refractivity contribution < 1.29 is 4.79 Å². The van der Waals surface area contributed by atoms with Crippen molar-refractivity contribution in [1.29, 1.82) is 0 Å². The number of rotatable bonds is 3. The first-order valence-electron chi connectivity index (χ1n) is 4.71. The van der Waals surface area contributed by atoms with Crippen LogP contribution in [0, 0.1) is 0 Å². The maximum absolute atomic E-state index is 11.6. The lowest BCUT2D eigenvalue weighted by atomic mass is 9.95. The number of nitrogens with one attached hydrogen (secondary N) is 2. The number of hydrogen-bond donors (Lipinski definition) is 2. The molecule has 0 aromatic carbocycles. The van der Waals surface area contributed by atoms with Crippen LogP contribution >= 0.6 is 11.3 Å². The Labute approximate surface area is 87.5 Å². The summed E-state index contributed by atoms with van der Waals surface area (Å²) in [5, 5.41) is 10.2. The highest BCUT2D eigenvalue weighted by atomic mass is 32.1. The smallest absolute Gasteiger partial charge is 0.224 e. The molecule has 0 saturated carbocycles. The van der Waals surface area contributed by atoms with Gasteiger partial charge in [-0.15, -0.1) is 0 Å². The Balaban J connectivity index is 1.84. The quantitative estimate of drug-likeness (QED) is 0.773. The van der Waals surface area contributed by atoms with Crippen LogP contribution in [-0.2, 0) is 11.2 Å². The van der Waals surface area contributed by atoms with Gasteiger partial charge >= 0.3 is 0 Å². The van der Waals surface area contributed by atoms with Crippen LogP contribution < -0.4 is 10.6 Å². The maximum atomic E-state index is 11.6. The second-order valence-corrected chi connectivity index (χ2v) is 4.80. The molecule has 1 aromatic rings. The summed E-state index contributed by atoms with van der Waals surface area (Å²) in [5.41, 5.74) is 1.08. The minimum absolute atomic E-state index is 0.0207. The molecule has 0 unspecified atom stereocenters. The molecule has 0 aliphatic carbocycles. The van der Waals surface area contributed by atoms with Crippen molar-refractivity contribution in [3.8, 4) is 0 Å². The van der Waals surface area contributed by atoms with Crippen molar-refractivity contribution in [2.75, 3.05) is 13.1 Å². The number of carbonyl (C=O) groups excluding carboxylic acids is 1. The van der Waals surface area contributed by atoms with E-state index in [2.05, 4.69) is 17.6 Å². The van der Waals surface area contributed by atoms with Crippen molar-refractivity contribution in [3.05, 3.63) is 22.4 Å². The third-order valence-electron chi connectivity index (χ3n) is 2.42. The first kappa shape index (κ1) is 9.68. The molecule has 0 radical (unpaired) electrons. The molecule has 0 bridgehead atoms. The fourth-order valence-corrected chi connectivity index (χ4v) is 2.22. The van der Waals surface area contributed by atoms with E-state index in [9.17, 15) is 4.79 Å². The topological polar surface area (TPSA) is 41.1 Å². The average Bonchev–Trinajstić information content (AvgIpc) is 2.53. The summed E-state index contributed by atoms with van der Waals surface area (Å²) in [6.45, 7) is 3.82. The molecule has 1 fully saturated rings. The standard InChI is InChI=1S/C10H14N2OS/c1-10(6-11-7-10)12-9(13)4-8-2-3-14-5-8/h2-3,5,11H,4,6-7H2,1H3,(H,12,13). The Hall–Kier alpha value is -0.870. The molecule has 14 heavy (non-hydrogen) atoms. The van der Waals surface area contributed by atoms with Crippen LogP contribution in [0.1, 0.15) is 12.5 Å². The van der Waals surface area contributed by atoms with E-state index in [0.717, 1.165) is 18.7 Å². The van der Waals surface area contributed by atoms with Gasteiger partial charge < -0.3 is 10.6 Å². The SMILES string of the molecule is CC1(NC(=O)Cc2ccsc2)CNC1. The van der Waals surface area contributed by atoms with Crippen molar-refractivity contribution >= 4 is 17.2 Å². The predicted octanol–water partition coefficient (Wildman–Crippen LogP) is 0.769. The van der Waals surface area contributed by atoms with Crippen molar-refractivity contribution in [2.45, 2.75) is 18.9 Å². The van der Waals surface area contributed by atoms with Gasteiger partial charge in [0, 0.05) is 13.1 Å². The Morgan fingerprint density at radius 3 is 3.00 bits per heavy atom. The van der Waals surface area contributed by atoms with E-state index in [-0.39, 0.29) is 11.4 Å². The molecule has 0 atom stereocenters. The summed E-state index contributed by atoms with van der Waals surface area (Å²) in [6, 6.07) is 1.99. The lowest BCUT2D eigenvalue weighted by Crippen LogP contribution is -2.67. The van der Waals surface area contributed by atoms with E-state index < -0.39 is 0 Å². The molecule has 1 aliphatic heterocycles. The summed E-state index contributed by atoms with van der Waals surface area (Å²) in [4.78, 5) is 11.6. The van der Waals surface area contributed by atoms with Crippen LogP contribution in [0.25, 0.3) is 0 Å². The van der Waals surface area contributed by atoms with Gasteiger partial charge in [0.15, 0.2) is 0 Å². The zero-order valence-electron chi connectivity index (χ0n) is 8.17. The fraction of sp³-hybridized carbons (Fsp3) is 0.500. The summed E-state index contributed by atoms with van der Waals surface area (Å²) in [7, 11) is 0. The van der Waals surface area contributed by atoms with Crippen molar-refractivity contribution in [2.24, 2.45) is 0 Å². The van der Waals surface area contributed by atoms with Crippen LogP contribution in [0.4, 0.5) is 0 Å². The van der Waals surface area contributed by atoms with Crippen LogP contribution in [-0.4, -0.2) is 24.5 Å². The van der Waals surface area contributed by atoms with Gasteiger partial charge in [-0.05, 0) is 29.3 Å². The number of carbonyl (C=O) groups is 1. The Morgan fingerprint density at radius 1 is 1.71 bits per heavy atom. The molecule has 4 heteroatoms. The second-order valence-electron chi connectivity index (χ2n) is 4.02. The van der Waals surface area contributed by atoms with Crippen molar-refractivity contribution in [1.82, 2.24) is 10.6 Å². The van der Waals surface area contributed by atoms with E-state index >= 15 is 0 Å². The first-order valence-corrected chi connectivity index (χ1v) is 5.65. The van der Waals surface area contributed by atoms with Gasteiger partial charge in [0.1, 0.15) is 0 Å². The molecule has 2 rings (SSSR count). The first-order chi connectivity index (χ1) is 6.68. The van der Waals surface area contributed by atoms with Gasteiger partial charge in [-0.2, -0.15) is 11.3 Å². The van der Waals surface area contributed by atoms with E-state index in [0.29, 0.717) is 6.42 Å². The molecule has 1 amide bonds. The Kier molecular flexibility index (Phi) is 2.56. The zero-order valence-corrected chi connectivity index (χ0v) is 8.99. The van der Waals surface area contributed by atoms with Crippen LogP contribution in [0.5, 0.6) is 0 Å². The lowest BCUT2D eigenvalue weighted by Gasteiger charge is -2.40. The molecule has 2 heterocycles. The molecule has 76 valence electrons. The van der Waals surface area contributed by atoms with Gasteiger partial charge in [-0.3, -0.25) is 4.79 Å². The van der Waals surface area contributed by atoms with Gasteiger partial charge in [-0.1, -0.05) is 0 Å². The molecular formula is C10H14N2OS. The third-order valence-corrected chi connectivity index (χ3v) is 3.15. The van der Waals surface area contributed by atoms with E-state index in [1.54, 1.807) is 11.3 Å². The molecule has 0 spiro atoms. The molecule has 1 aliphatic rings. The maximum Gasteiger partial charge on any atom is 0.224 e. The highest BCUT2D eigenvalue weighted by Gasteiger charge is 2.32. The van der Waals surface area contributed by atoms with Gasteiger partial charge in [0.2, 0.25) is 5.91 Å². The number of amides is 1. The Morgan fingerprint density at radius 2 is 2.50 bits per heavy atom. The van der Waals surface area contributed by atoms with E-state index in [1.165, 1.54) is 0 Å². The molecular weight excluding hydrogens is 196 g/mol. The van der Waals surface area contributed by atoms with E-state index in [4.69, 9.17) is 0 Å². The average molecular weight is 210 g/mol. The summed E-state index contributed by atoms with van der Waals surface area (Å²) < 4.78 is 0. The highest BCUT2D eigenvalue weighted by Crippen LogP contribution is 2.11. The lowest BCUT2D eigenvalue weighted by molar-refractivity contribution is -0.122. The summed E-state index contributed by atoms with van der Waals surface area (Å²) >= 11 is 1.63. The largest absolute Gasteiger partial charge is 0.348 e. The minimum Gasteiger partial charge on any atom is -0.348 e. The monoisotopic (exact) mass is 210 g/mol. The number of thiophene rings is 1. The highest BCUT2D eigenvalue weighted by molar-refractivity contribution is 7.07. The molecule has 1 saturated heterocycles. The van der Waals surface area contributed by atoms with Crippen molar-refractivity contribution in [3.63, 3.8) is 0 Å². The van der Waals surface area contributed by atoms with Gasteiger partial charge in [0.25, 0.3) is 0 Å². The van der Waals surface area contributed by atoms with Crippen LogP contribution in [0.3, 0.4) is 0 Å². The minimum atomic E-state index is -0.0207.